The number of nitrogens with zero attached hydrogens (tertiary/aromatic N) is 2. The van der Waals surface area contributed by atoms with Crippen LogP contribution in [0.15, 0.2) is 29.3 Å². The maximum absolute atomic E-state index is 12.4. The number of rotatable bonds is 5. The minimum Gasteiger partial charge on any atom is -0.459 e. The molecule has 0 bridgehead atoms. The van der Waals surface area contributed by atoms with Crippen LogP contribution in [0.5, 0.6) is 0 Å². The summed E-state index contributed by atoms with van der Waals surface area (Å²) in [5.41, 5.74) is 1.04. The van der Waals surface area contributed by atoms with Gasteiger partial charge in [-0.2, -0.15) is 0 Å². The summed E-state index contributed by atoms with van der Waals surface area (Å²) in [4.78, 5) is 36.6. The van der Waals surface area contributed by atoms with Gasteiger partial charge in [0, 0.05) is 25.1 Å². The highest BCUT2D eigenvalue weighted by molar-refractivity contribution is 7.20. The largest absolute Gasteiger partial charge is 0.459 e. The Morgan fingerprint density at radius 1 is 1.29 bits per heavy atom. The Hall–Kier alpha value is -2.58. The van der Waals surface area contributed by atoms with Crippen LogP contribution in [0.3, 0.4) is 0 Å². The lowest BCUT2D eigenvalue weighted by Gasteiger charge is -2.02. The van der Waals surface area contributed by atoms with Crippen LogP contribution in [0.4, 0.5) is 0 Å². The molecular weight excluding hydrogens is 330 g/mol. The summed E-state index contributed by atoms with van der Waals surface area (Å²) < 4.78 is 9.99. The fourth-order valence-corrected chi connectivity index (χ4v) is 3.34. The molecule has 0 fully saturated rings. The molecule has 0 atom stereocenters. The first-order chi connectivity index (χ1) is 11.6. The van der Waals surface area contributed by atoms with E-state index in [-0.39, 0.29) is 12.2 Å². The second kappa shape index (κ2) is 6.90. The fraction of sp³-hybridized carbons (Fsp3) is 0.250. The number of carbonyl (C=O) groups is 1. The minimum atomic E-state index is -0.475. The number of nitrogens with one attached hydrogen (secondary N) is 1. The third-order valence-electron chi connectivity index (χ3n) is 3.46. The van der Waals surface area contributed by atoms with Gasteiger partial charge >= 0.3 is 5.97 Å². The molecule has 0 aliphatic heterocycles. The molecule has 0 radical (unpaired) electrons. The van der Waals surface area contributed by atoms with E-state index in [9.17, 15) is 9.59 Å². The smallest absolute Gasteiger partial charge is 0.348 e. The standard InChI is InChI=1S/C16H15N3O4S/c1-9-11-14(20)18-13(10-3-5-17-6-4-10)19-15(11)24-12(9)16(21)23-8-7-22-2/h3-6H,7-8H2,1-2H3,(H,18,19,20). The number of aryl methyl sites for hydroxylation is 1. The van der Waals surface area contributed by atoms with Gasteiger partial charge in [0.2, 0.25) is 0 Å². The molecule has 7 nitrogen and oxygen atoms in total. The lowest BCUT2D eigenvalue weighted by Crippen LogP contribution is -2.11. The van der Waals surface area contributed by atoms with Gasteiger partial charge in [-0.1, -0.05) is 0 Å². The van der Waals surface area contributed by atoms with Gasteiger partial charge < -0.3 is 14.5 Å². The molecule has 1 N–H and O–H groups in total. The van der Waals surface area contributed by atoms with E-state index >= 15 is 0 Å². The summed E-state index contributed by atoms with van der Waals surface area (Å²) in [6, 6.07) is 3.51. The van der Waals surface area contributed by atoms with Gasteiger partial charge in [-0.05, 0) is 24.6 Å². The molecule has 24 heavy (non-hydrogen) atoms. The second-order valence-corrected chi connectivity index (χ2v) is 6.01. The van der Waals surface area contributed by atoms with E-state index in [1.54, 1.807) is 31.5 Å². The molecule has 0 saturated carbocycles. The van der Waals surface area contributed by atoms with E-state index in [1.807, 2.05) is 0 Å². The SMILES string of the molecule is COCCOC(=O)c1sc2nc(-c3ccncc3)[nH]c(=O)c2c1C. The van der Waals surface area contributed by atoms with Gasteiger partial charge in [-0.3, -0.25) is 9.78 Å². The Morgan fingerprint density at radius 2 is 2.04 bits per heavy atom. The molecule has 3 aromatic rings. The second-order valence-electron chi connectivity index (χ2n) is 5.02. The van der Waals surface area contributed by atoms with Crippen molar-refractivity contribution in [1.29, 1.82) is 0 Å². The summed E-state index contributed by atoms with van der Waals surface area (Å²) in [5, 5.41) is 0.413. The lowest BCUT2D eigenvalue weighted by molar-refractivity contribution is 0.0393. The van der Waals surface area contributed by atoms with Gasteiger partial charge in [-0.15, -0.1) is 11.3 Å². The Morgan fingerprint density at radius 3 is 2.75 bits per heavy atom. The topological polar surface area (TPSA) is 94.2 Å². The zero-order valence-corrected chi connectivity index (χ0v) is 14.0. The minimum absolute atomic E-state index is 0.162. The highest BCUT2D eigenvalue weighted by Gasteiger charge is 2.20. The van der Waals surface area contributed by atoms with E-state index in [4.69, 9.17) is 9.47 Å². The van der Waals surface area contributed by atoms with Crippen LogP contribution < -0.4 is 5.56 Å². The number of H-pyrrole nitrogens is 1. The van der Waals surface area contributed by atoms with Crippen molar-refractivity contribution in [2.75, 3.05) is 20.3 Å². The monoisotopic (exact) mass is 345 g/mol. The Labute approximate surface area is 141 Å². The maximum Gasteiger partial charge on any atom is 0.348 e. The number of ether oxygens (including phenoxy) is 2. The van der Waals surface area contributed by atoms with Crippen molar-refractivity contribution < 1.29 is 14.3 Å². The van der Waals surface area contributed by atoms with Crippen LogP contribution in [0.25, 0.3) is 21.6 Å². The summed E-state index contributed by atoms with van der Waals surface area (Å²) in [6.07, 6.45) is 3.25. The quantitative estimate of drug-likeness (QED) is 0.562. The van der Waals surface area contributed by atoms with E-state index < -0.39 is 5.97 Å². The van der Waals surface area contributed by atoms with Gasteiger partial charge in [0.1, 0.15) is 22.1 Å². The third-order valence-corrected chi connectivity index (χ3v) is 4.63. The number of aromatic nitrogens is 3. The number of esters is 1. The van der Waals surface area contributed by atoms with Gasteiger partial charge in [-0.25, -0.2) is 9.78 Å². The van der Waals surface area contributed by atoms with Gasteiger partial charge in [0.25, 0.3) is 5.56 Å². The van der Waals surface area contributed by atoms with Crippen molar-refractivity contribution in [3.63, 3.8) is 0 Å². The first kappa shape index (κ1) is 16.3. The van der Waals surface area contributed by atoms with Crippen molar-refractivity contribution in [1.82, 2.24) is 15.0 Å². The number of aromatic amines is 1. The highest BCUT2D eigenvalue weighted by Crippen LogP contribution is 2.28. The molecule has 0 spiro atoms. The van der Waals surface area contributed by atoms with Crippen LogP contribution in [0.2, 0.25) is 0 Å². The normalized spacial score (nSPS) is 10.9. The summed E-state index contributed by atoms with van der Waals surface area (Å²) in [6.45, 7) is 2.20. The van der Waals surface area contributed by atoms with Crippen LogP contribution >= 0.6 is 11.3 Å². The molecule has 0 unspecified atom stereocenters. The summed E-state index contributed by atoms with van der Waals surface area (Å²) >= 11 is 1.15. The molecule has 0 aliphatic carbocycles. The molecule has 0 aliphatic rings. The fourth-order valence-electron chi connectivity index (χ4n) is 2.27. The molecule has 3 aromatic heterocycles. The molecule has 0 amide bonds. The van der Waals surface area contributed by atoms with Gasteiger partial charge in [0.15, 0.2) is 0 Å². The van der Waals surface area contributed by atoms with Crippen molar-refractivity contribution >= 4 is 27.5 Å². The Bertz CT molecular complexity index is 934. The number of hydrogen-bond donors (Lipinski definition) is 1. The number of hydrogen-bond acceptors (Lipinski definition) is 7. The lowest BCUT2D eigenvalue weighted by atomic mass is 10.2. The first-order valence-corrected chi connectivity index (χ1v) is 8.03. The van der Waals surface area contributed by atoms with Crippen molar-refractivity contribution in [2.45, 2.75) is 6.92 Å². The number of thiophene rings is 1. The van der Waals surface area contributed by atoms with Crippen LogP contribution in [-0.4, -0.2) is 41.2 Å². The number of pyridine rings is 1. The third kappa shape index (κ3) is 3.06. The molecule has 3 heterocycles. The van der Waals surface area contributed by atoms with Gasteiger partial charge in [0.05, 0.1) is 12.0 Å². The summed E-state index contributed by atoms with van der Waals surface area (Å²) in [7, 11) is 1.53. The van der Waals surface area contributed by atoms with E-state index in [0.717, 1.165) is 16.9 Å². The van der Waals surface area contributed by atoms with Crippen LogP contribution in [0, 0.1) is 6.92 Å². The van der Waals surface area contributed by atoms with E-state index in [0.29, 0.717) is 33.1 Å². The van der Waals surface area contributed by atoms with E-state index in [2.05, 4.69) is 15.0 Å². The summed E-state index contributed by atoms with van der Waals surface area (Å²) in [5.74, 6) is -0.0344. The predicted molar refractivity (Wildman–Crippen MR) is 90.4 cm³/mol. The molecular formula is C16H15N3O4S. The average Bonchev–Trinajstić information content (AvgIpc) is 2.93. The highest BCUT2D eigenvalue weighted by atomic mass is 32.1. The molecule has 124 valence electrons. The van der Waals surface area contributed by atoms with Crippen molar-refractivity contribution in [2.24, 2.45) is 0 Å². The zero-order chi connectivity index (χ0) is 17.1. The Kier molecular flexibility index (Phi) is 4.68. The Balaban J connectivity index is 2.03. The van der Waals surface area contributed by atoms with E-state index in [1.165, 1.54) is 7.11 Å². The number of fused-ring (bicyclic) bond motifs is 1. The van der Waals surface area contributed by atoms with Crippen LogP contribution in [0.1, 0.15) is 15.2 Å². The van der Waals surface area contributed by atoms with Crippen LogP contribution in [-0.2, 0) is 9.47 Å². The number of methoxy groups -OCH3 is 1. The van der Waals surface area contributed by atoms with Crippen molar-refractivity contribution in [3.05, 3.63) is 45.3 Å². The van der Waals surface area contributed by atoms with Crippen molar-refractivity contribution in [3.8, 4) is 11.4 Å². The molecule has 0 aromatic carbocycles. The molecule has 3 rings (SSSR count). The predicted octanol–water partition coefficient (Wildman–Crippen LogP) is 2.16. The number of carbonyl (C=O) groups excluding carboxylic acids is 1. The first-order valence-electron chi connectivity index (χ1n) is 7.21. The average molecular weight is 345 g/mol. The maximum atomic E-state index is 12.4. The molecule has 8 heteroatoms. The zero-order valence-electron chi connectivity index (χ0n) is 13.2. The molecule has 0 saturated heterocycles.